The maximum Gasteiger partial charge on any atom is 0.0668 e. The lowest BCUT2D eigenvalue weighted by Crippen LogP contribution is -2.53. The molecular weight excluding hydrogens is 286 g/mol. The van der Waals surface area contributed by atoms with E-state index < -0.39 is 0 Å². The molecule has 0 spiro atoms. The Morgan fingerprint density at radius 1 is 1.22 bits per heavy atom. The van der Waals surface area contributed by atoms with Crippen molar-refractivity contribution in [2.45, 2.75) is 32.0 Å². The fraction of sp³-hybridized carbons (Fsp3) is 0.421. The molecule has 4 nitrogen and oxygen atoms in total. The van der Waals surface area contributed by atoms with Crippen LogP contribution in [0.2, 0.25) is 0 Å². The summed E-state index contributed by atoms with van der Waals surface area (Å²) in [5, 5.41) is 4.50. The van der Waals surface area contributed by atoms with Crippen LogP contribution >= 0.6 is 0 Å². The van der Waals surface area contributed by atoms with Crippen molar-refractivity contribution < 1.29 is 4.74 Å². The summed E-state index contributed by atoms with van der Waals surface area (Å²) in [5.41, 5.74) is 5.22. The summed E-state index contributed by atoms with van der Waals surface area (Å²) >= 11 is 0. The highest BCUT2D eigenvalue weighted by Gasteiger charge is 2.35. The first-order valence-corrected chi connectivity index (χ1v) is 8.29. The Morgan fingerprint density at radius 2 is 2.04 bits per heavy atom. The summed E-state index contributed by atoms with van der Waals surface area (Å²) in [6, 6.07) is 11.5. The van der Waals surface area contributed by atoms with Crippen molar-refractivity contribution in [3.05, 3.63) is 59.4 Å². The average molecular weight is 309 g/mol. The van der Waals surface area contributed by atoms with E-state index in [1.54, 1.807) is 0 Å². The van der Waals surface area contributed by atoms with Crippen LogP contribution in [-0.2, 0) is 18.3 Å². The third-order valence-electron chi connectivity index (χ3n) is 4.91. The molecule has 0 radical (unpaired) electrons. The van der Waals surface area contributed by atoms with E-state index in [4.69, 9.17) is 4.74 Å². The highest BCUT2D eigenvalue weighted by Crippen LogP contribution is 2.34. The van der Waals surface area contributed by atoms with Crippen LogP contribution in [0.25, 0.3) is 5.57 Å². The number of morpholine rings is 1. The monoisotopic (exact) mass is 309 g/mol. The van der Waals surface area contributed by atoms with Gasteiger partial charge in [0.2, 0.25) is 0 Å². The molecule has 4 heteroatoms. The van der Waals surface area contributed by atoms with Crippen LogP contribution in [0.3, 0.4) is 0 Å². The van der Waals surface area contributed by atoms with Gasteiger partial charge < -0.3 is 4.74 Å². The number of benzene rings is 1. The number of aromatic nitrogens is 2. The Morgan fingerprint density at radius 3 is 2.74 bits per heavy atom. The van der Waals surface area contributed by atoms with Gasteiger partial charge >= 0.3 is 0 Å². The second-order valence-corrected chi connectivity index (χ2v) is 6.61. The predicted molar refractivity (Wildman–Crippen MR) is 90.9 cm³/mol. The van der Waals surface area contributed by atoms with Gasteiger partial charge in [0.1, 0.15) is 0 Å². The normalized spacial score (nSPS) is 24.5. The van der Waals surface area contributed by atoms with E-state index in [1.165, 1.54) is 16.7 Å². The molecule has 0 aliphatic carbocycles. The molecule has 120 valence electrons. The molecule has 3 heterocycles. The molecule has 0 saturated carbocycles. The summed E-state index contributed by atoms with van der Waals surface area (Å²) in [5.74, 6) is 0. The molecule has 4 rings (SSSR count). The Balaban J connectivity index is 1.62. The lowest BCUT2D eigenvalue weighted by molar-refractivity contribution is -0.0402. The fourth-order valence-electron chi connectivity index (χ4n) is 3.82. The Kier molecular flexibility index (Phi) is 3.79. The zero-order valence-corrected chi connectivity index (χ0v) is 13.8. The number of fused-ring (bicyclic) bond motifs is 2. The van der Waals surface area contributed by atoms with Gasteiger partial charge in [0.15, 0.2) is 0 Å². The summed E-state index contributed by atoms with van der Waals surface area (Å²) in [6.45, 7) is 4.69. The van der Waals surface area contributed by atoms with E-state index in [0.717, 1.165) is 31.9 Å². The minimum absolute atomic E-state index is 0.359. The van der Waals surface area contributed by atoms with Gasteiger partial charge in [0, 0.05) is 31.4 Å². The maximum absolute atomic E-state index is 5.82. The van der Waals surface area contributed by atoms with Crippen molar-refractivity contribution in [1.82, 2.24) is 14.7 Å². The zero-order valence-electron chi connectivity index (χ0n) is 13.8. The van der Waals surface area contributed by atoms with Gasteiger partial charge in [-0.05, 0) is 24.5 Å². The molecule has 0 amide bonds. The second kappa shape index (κ2) is 5.95. The largest absolute Gasteiger partial charge is 0.378 e. The first-order valence-electron chi connectivity index (χ1n) is 8.29. The quantitative estimate of drug-likeness (QED) is 0.873. The summed E-state index contributed by atoms with van der Waals surface area (Å²) < 4.78 is 7.73. The molecule has 2 atom stereocenters. The molecule has 1 aromatic carbocycles. The van der Waals surface area contributed by atoms with Crippen LogP contribution in [0.4, 0.5) is 0 Å². The van der Waals surface area contributed by atoms with Crippen molar-refractivity contribution >= 4 is 5.57 Å². The molecule has 23 heavy (non-hydrogen) atoms. The van der Waals surface area contributed by atoms with Gasteiger partial charge in [-0.2, -0.15) is 5.10 Å². The SMILES string of the molecule is Cc1nn(C)cc1C1=CC2COCC(C1)N2Cc1ccccc1. The van der Waals surface area contributed by atoms with Crippen molar-refractivity contribution in [3.8, 4) is 0 Å². The molecule has 0 N–H and O–H groups in total. The van der Waals surface area contributed by atoms with Crippen molar-refractivity contribution in [1.29, 1.82) is 0 Å². The molecule has 2 aromatic rings. The van der Waals surface area contributed by atoms with Gasteiger partial charge in [-0.1, -0.05) is 36.4 Å². The number of aryl methyl sites for hydroxylation is 2. The highest BCUT2D eigenvalue weighted by molar-refractivity contribution is 5.69. The number of nitrogens with zero attached hydrogens (tertiary/aromatic N) is 3. The van der Waals surface area contributed by atoms with Crippen LogP contribution in [-0.4, -0.2) is 40.0 Å². The van der Waals surface area contributed by atoms with Crippen molar-refractivity contribution in [3.63, 3.8) is 0 Å². The van der Waals surface area contributed by atoms with E-state index in [-0.39, 0.29) is 0 Å². The van der Waals surface area contributed by atoms with Crippen LogP contribution < -0.4 is 0 Å². The average Bonchev–Trinajstić information content (AvgIpc) is 2.87. The standard InChI is InChI=1S/C19H23N3O/c1-14-19(11-21(2)20-14)16-8-17-12-23-13-18(9-16)22(17)10-15-6-4-3-5-7-15/h3-8,11,17-18H,9-10,12-13H2,1-2H3. The Bertz CT molecular complexity index is 719. The lowest BCUT2D eigenvalue weighted by Gasteiger charge is -2.44. The topological polar surface area (TPSA) is 30.3 Å². The molecule has 2 aliphatic rings. The van der Waals surface area contributed by atoms with Crippen LogP contribution in [0.1, 0.15) is 23.2 Å². The molecule has 1 aromatic heterocycles. The molecule has 2 bridgehead atoms. The maximum atomic E-state index is 5.82. The van der Waals surface area contributed by atoms with E-state index in [9.17, 15) is 0 Å². The number of rotatable bonds is 3. The summed E-state index contributed by atoms with van der Waals surface area (Å²) in [6.07, 6.45) is 5.57. The fourth-order valence-corrected chi connectivity index (χ4v) is 3.82. The van der Waals surface area contributed by atoms with Crippen LogP contribution in [0.5, 0.6) is 0 Å². The second-order valence-electron chi connectivity index (χ2n) is 6.61. The van der Waals surface area contributed by atoms with Gasteiger partial charge in [-0.3, -0.25) is 9.58 Å². The van der Waals surface area contributed by atoms with Gasteiger partial charge in [0.05, 0.1) is 24.9 Å². The van der Waals surface area contributed by atoms with E-state index in [1.807, 2.05) is 11.7 Å². The molecule has 1 fully saturated rings. The van der Waals surface area contributed by atoms with Crippen molar-refractivity contribution in [2.75, 3.05) is 13.2 Å². The minimum Gasteiger partial charge on any atom is -0.378 e. The van der Waals surface area contributed by atoms with Crippen LogP contribution in [0, 0.1) is 6.92 Å². The van der Waals surface area contributed by atoms with Gasteiger partial charge in [-0.15, -0.1) is 0 Å². The zero-order chi connectivity index (χ0) is 15.8. The third kappa shape index (κ3) is 2.84. The third-order valence-corrected chi connectivity index (χ3v) is 4.91. The lowest BCUT2D eigenvalue weighted by atomic mass is 9.89. The first-order chi connectivity index (χ1) is 11.2. The van der Waals surface area contributed by atoms with Crippen molar-refractivity contribution in [2.24, 2.45) is 7.05 Å². The van der Waals surface area contributed by atoms with Gasteiger partial charge in [0.25, 0.3) is 0 Å². The molecule has 2 unspecified atom stereocenters. The minimum atomic E-state index is 0.359. The summed E-state index contributed by atoms with van der Waals surface area (Å²) in [7, 11) is 1.99. The first kappa shape index (κ1) is 14.7. The summed E-state index contributed by atoms with van der Waals surface area (Å²) in [4.78, 5) is 2.59. The van der Waals surface area contributed by atoms with E-state index >= 15 is 0 Å². The van der Waals surface area contributed by atoms with Crippen LogP contribution in [0.15, 0.2) is 42.6 Å². The molecular formula is C19H23N3O. The molecule has 1 saturated heterocycles. The Labute approximate surface area is 137 Å². The van der Waals surface area contributed by atoms with E-state index in [2.05, 4.69) is 59.5 Å². The number of hydrogen-bond donors (Lipinski definition) is 0. The number of hydrogen-bond acceptors (Lipinski definition) is 3. The Hall–Kier alpha value is -1.91. The smallest absolute Gasteiger partial charge is 0.0668 e. The van der Waals surface area contributed by atoms with E-state index in [0.29, 0.717) is 12.1 Å². The van der Waals surface area contributed by atoms with Gasteiger partial charge in [-0.25, -0.2) is 0 Å². The number of ether oxygens (including phenoxy) is 1. The molecule has 2 aliphatic heterocycles. The predicted octanol–water partition coefficient (Wildman–Crippen LogP) is 2.79. The highest BCUT2D eigenvalue weighted by atomic mass is 16.5.